The number of halogens is 6. The molecule has 2 amide bonds. The zero-order valence-corrected chi connectivity index (χ0v) is 24.8. The third-order valence-corrected chi connectivity index (χ3v) is 8.73. The Hall–Kier alpha value is -2.99. The van der Waals surface area contributed by atoms with Crippen molar-refractivity contribution in [2.24, 2.45) is 0 Å². The van der Waals surface area contributed by atoms with Crippen LogP contribution in [0.5, 0.6) is 0 Å². The highest BCUT2D eigenvalue weighted by atomic mass is 35.5. The molecule has 3 rings (SSSR count). The molecule has 0 aliphatic rings. The molecular weight excluding hydrogens is 626 g/mol. The lowest BCUT2D eigenvalue weighted by atomic mass is 10.1. The quantitative estimate of drug-likeness (QED) is 0.275. The van der Waals surface area contributed by atoms with Crippen molar-refractivity contribution < 1.29 is 31.2 Å². The number of nitrogens with zero attached hydrogens (tertiary/aromatic N) is 2. The number of carbonyl (C=O) groups is 2. The molecule has 1 N–H and O–H groups in total. The van der Waals surface area contributed by atoms with Gasteiger partial charge >= 0.3 is 6.18 Å². The third-order valence-electron chi connectivity index (χ3n) is 6.03. The van der Waals surface area contributed by atoms with Crippen LogP contribution >= 0.6 is 34.8 Å². The Morgan fingerprint density at radius 3 is 2.20 bits per heavy atom. The molecule has 0 aromatic heterocycles. The van der Waals surface area contributed by atoms with Crippen molar-refractivity contribution in [1.29, 1.82) is 0 Å². The number of carbonyl (C=O) groups excluding carboxylic acids is 2. The minimum atomic E-state index is -4.90. The van der Waals surface area contributed by atoms with Gasteiger partial charge in [-0.3, -0.25) is 13.9 Å². The van der Waals surface area contributed by atoms with E-state index < -0.39 is 56.9 Å². The maximum Gasteiger partial charge on any atom is 0.417 e. The molecule has 1 atom stereocenters. The average molecular weight is 651 g/mol. The Bertz CT molecular complexity index is 1520. The summed E-state index contributed by atoms with van der Waals surface area (Å²) in [6, 6.07) is 12.9. The number of hydrogen-bond donors (Lipinski definition) is 1. The lowest BCUT2D eigenvalue weighted by Crippen LogP contribution is -2.51. The van der Waals surface area contributed by atoms with E-state index in [-0.39, 0.29) is 23.0 Å². The van der Waals surface area contributed by atoms with Crippen molar-refractivity contribution >= 4 is 62.3 Å². The minimum Gasteiger partial charge on any atom is -0.355 e. The van der Waals surface area contributed by atoms with Crippen LogP contribution in [0.15, 0.2) is 71.6 Å². The summed E-state index contributed by atoms with van der Waals surface area (Å²) in [5, 5.41) is 2.48. The maximum atomic E-state index is 13.8. The summed E-state index contributed by atoms with van der Waals surface area (Å²) in [6.45, 7) is 2.21. The van der Waals surface area contributed by atoms with Crippen LogP contribution in [0, 0.1) is 0 Å². The highest BCUT2D eigenvalue weighted by Gasteiger charge is 2.37. The van der Waals surface area contributed by atoms with E-state index in [0.29, 0.717) is 21.0 Å². The van der Waals surface area contributed by atoms with E-state index in [1.165, 1.54) is 43.3 Å². The first-order valence-corrected chi connectivity index (χ1v) is 14.7. The van der Waals surface area contributed by atoms with Gasteiger partial charge in [0.1, 0.15) is 12.6 Å². The van der Waals surface area contributed by atoms with E-state index in [0.717, 1.165) is 17.0 Å². The molecule has 0 aliphatic carbocycles. The lowest BCUT2D eigenvalue weighted by Gasteiger charge is -2.32. The molecule has 0 saturated heterocycles. The lowest BCUT2D eigenvalue weighted by molar-refractivity contribution is -0.139. The van der Waals surface area contributed by atoms with Gasteiger partial charge in [0.05, 0.1) is 21.2 Å². The maximum absolute atomic E-state index is 13.8. The molecule has 0 unspecified atom stereocenters. The first-order valence-electron chi connectivity index (χ1n) is 12.1. The van der Waals surface area contributed by atoms with Crippen LogP contribution in [0.3, 0.4) is 0 Å². The van der Waals surface area contributed by atoms with E-state index in [4.69, 9.17) is 34.8 Å². The van der Waals surface area contributed by atoms with Crippen LogP contribution in [-0.4, -0.2) is 44.3 Å². The molecule has 0 fully saturated rings. The molecule has 220 valence electrons. The number of alkyl halides is 3. The zero-order valence-electron chi connectivity index (χ0n) is 21.8. The minimum absolute atomic E-state index is 0.194. The van der Waals surface area contributed by atoms with Crippen molar-refractivity contribution in [3.63, 3.8) is 0 Å². The summed E-state index contributed by atoms with van der Waals surface area (Å²) < 4.78 is 69.0. The SMILES string of the molecule is CCNC(=O)[C@H](C)N(Cc1ccc(Cl)cc1Cl)C(=O)CN(c1ccc(Cl)c(C(F)(F)F)c1)S(=O)(=O)c1ccccc1. The second-order valence-corrected chi connectivity index (χ2v) is 11.9. The summed E-state index contributed by atoms with van der Waals surface area (Å²) in [4.78, 5) is 27.4. The Balaban J connectivity index is 2.13. The van der Waals surface area contributed by atoms with Crippen LogP contribution in [0.1, 0.15) is 25.0 Å². The first kappa shape index (κ1) is 32.5. The standard InChI is InChI=1S/C27H25Cl3F3N3O4S/c1-3-34-26(38)17(2)35(15-18-9-10-19(28)13-24(18)30)25(37)16-36(41(39,40)21-7-5-4-6-8-21)20-11-12-23(29)22(14-20)27(31,32)33/h4-14,17H,3,15-16H2,1-2H3,(H,34,38)/t17-/m0/s1. The van der Waals surface area contributed by atoms with Gasteiger partial charge in [-0.05, 0) is 61.9 Å². The highest BCUT2D eigenvalue weighted by Crippen LogP contribution is 2.38. The van der Waals surface area contributed by atoms with Gasteiger partial charge in [-0.25, -0.2) is 8.42 Å². The van der Waals surface area contributed by atoms with Crippen molar-refractivity contribution in [2.75, 3.05) is 17.4 Å². The van der Waals surface area contributed by atoms with E-state index in [1.54, 1.807) is 19.1 Å². The molecule has 0 aliphatic heterocycles. The van der Waals surface area contributed by atoms with Gasteiger partial charge in [-0.2, -0.15) is 13.2 Å². The zero-order chi connectivity index (χ0) is 30.5. The molecular formula is C27H25Cl3F3N3O4S. The fourth-order valence-corrected chi connectivity index (χ4v) is 5.99. The van der Waals surface area contributed by atoms with Crippen LogP contribution < -0.4 is 9.62 Å². The molecule has 14 heteroatoms. The number of likely N-dealkylation sites (N-methyl/N-ethyl adjacent to an activating group) is 1. The Kier molecular flexibility index (Phi) is 10.6. The smallest absolute Gasteiger partial charge is 0.355 e. The normalized spacial score (nSPS) is 12.5. The topological polar surface area (TPSA) is 86.8 Å². The van der Waals surface area contributed by atoms with Gasteiger partial charge in [-0.1, -0.05) is 59.1 Å². The van der Waals surface area contributed by atoms with Crippen LogP contribution in [0.25, 0.3) is 0 Å². The fourth-order valence-electron chi connectivity index (χ4n) is 3.87. The number of sulfonamides is 1. The van der Waals surface area contributed by atoms with Crippen LogP contribution in [0.2, 0.25) is 15.1 Å². The van der Waals surface area contributed by atoms with Crippen LogP contribution in [0.4, 0.5) is 18.9 Å². The number of amides is 2. The molecule has 41 heavy (non-hydrogen) atoms. The fraction of sp³-hybridized carbons (Fsp3) is 0.259. The van der Waals surface area contributed by atoms with Crippen LogP contribution in [-0.2, 0) is 32.3 Å². The number of hydrogen-bond acceptors (Lipinski definition) is 4. The molecule has 0 saturated carbocycles. The molecule has 3 aromatic rings. The van der Waals surface area contributed by atoms with Crippen molar-refractivity contribution in [2.45, 2.75) is 37.5 Å². The molecule has 0 spiro atoms. The van der Waals surface area contributed by atoms with E-state index in [9.17, 15) is 31.2 Å². The molecule has 7 nitrogen and oxygen atoms in total. The summed E-state index contributed by atoms with van der Waals surface area (Å²) in [6.07, 6.45) is -4.90. The predicted octanol–water partition coefficient (Wildman–Crippen LogP) is 6.41. The summed E-state index contributed by atoms with van der Waals surface area (Å²) in [5.74, 6) is -1.41. The second kappa shape index (κ2) is 13.3. The summed E-state index contributed by atoms with van der Waals surface area (Å²) >= 11 is 18.0. The van der Waals surface area contributed by atoms with Gasteiger partial charge in [0.25, 0.3) is 10.0 Å². The largest absolute Gasteiger partial charge is 0.417 e. The average Bonchev–Trinajstić information content (AvgIpc) is 2.91. The van der Waals surface area contributed by atoms with Crippen molar-refractivity contribution in [3.05, 3.63) is 92.9 Å². The first-order chi connectivity index (χ1) is 19.2. The third kappa shape index (κ3) is 7.85. The van der Waals surface area contributed by atoms with E-state index in [2.05, 4.69) is 5.32 Å². The monoisotopic (exact) mass is 649 g/mol. The van der Waals surface area contributed by atoms with Gasteiger partial charge < -0.3 is 10.2 Å². The van der Waals surface area contributed by atoms with Gasteiger partial charge in [0.15, 0.2) is 0 Å². The summed E-state index contributed by atoms with van der Waals surface area (Å²) in [5.41, 5.74) is -1.32. The van der Waals surface area contributed by atoms with E-state index in [1.807, 2.05) is 0 Å². The number of benzene rings is 3. The second-order valence-electron chi connectivity index (χ2n) is 8.81. The summed E-state index contributed by atoms with van der Waals surface area (Å²) in [7, 11) is -4.57. The number of anilines is 1. The Labute approximate surface area is 250 Å². The van der Waals surface area contributed by atoms with Crippen molar-refractivity contribution in [1.82, 2.24) is 10.2 Å². The number of rotatable bonds is 10. The molecule has 0 heterocycles. The Morgan fingerprint density at radius 2 is 1.61 bits per heavy atom. The predicted molar refractivity (Wildman–Crippen MR) is 153 cm³/mol. The van der Waals surface area contributed by atoms with Gasteiger partial charge in [0.2, 0.25) is 11.8 Å². The Morgan fingerprint density at radius 1 is 0.951 bits per heavy atom. The molecule has 3 aromatic carbocycles. The number of nitrogens with one attached hydrogen (secondary N) is 1. The van der Waals surface area contributed by atoms with Gasteiger partial charge in [-0.15, -0.1) is 0 Å². The van der Waals surface area contributed by atoms with Gasteiger partial charge in [0, 0.05) is 23.1 Å². The van der Waals surface area contributed by atoms with E-state index >= 15 is 0 Å². The molecule has 0 radical (unpaired) electrons. The molecule has 0 bridgehead atoms. The van der Waals surface area contributed by atoms with Crippen molar-refractivity contribution in [3.8, 4) is 0 Å². The highest BCUT2D eigenvalue weighted by molar-refractivity contribution is 7.92.